The highest BCUT2D eigenvalue weighted by Gasteiger charge is 2.33. The SMILES string of the molecule is CCOC(=O)C1=C(C)N=c2s/c(=C\c3cc(Br)c(OCc4ccccc4)c(OCC)c3)c(=O)n2[C@H]1c1ccc(OC)cc1. The number of esters is 1. The summed E-state index contributed by atoms with van der Waals surface area (Å²) in [5, 5.41) is 0. The minimum absolute atomic E-state index is 0.206. The van der Waals surface area contributed by atoms with Crippen molar-refractivity contribution in [2.24, 2.45) is 4.99 Å². The Morgan fingerprint density at radius 3 is 2.47 bits per heavy atom. The van der Waals surface area contributed by atoms with E-state index >= 15 is 0 Å². The van der Waals surface area contributed by atoms with E-state index in [1.807, 2.05) is 61.5 Å². The molecule has 8 nitrogen and oxygen atoms in total. The zero-order valence-corrected chi connectivity index (χ0v) is 26.7. The highest BCUT2D eigenvalue weighted by molar-refractivity contribution is 9.10. The zero-order chi connectivity index (χ0) is 30.5. The Bertz CT molecular complexity index is 1850. The topological polar surface area (TPSA) is 88.4 Å². The molecule has 0 amide bonds. The van der Waals surface area contributed by atoms with Gasteiger partial charge in [0.1, 0.15) is 12.4 Å². The molecule has 0 spiro atoms. The normalized spacial score (nSPS) is 14.6. The largest absolute Gasteiger partial charge is 0.497 e. The molecule has 0 unspecified atom stereocenters. The van der Waals surface area contributed by atoms with Crippen LogP contribution >= 0.6 is 27.3 Å². The summed E-state index contributed by atoms with van der Waals surface area (Å²) in [4.78, 5) is 32.3. The summed E-state index contributed by atoms with van der Waals surface area (Å²) < 4.78 is 25.5. The monoisotopic (exact) mass is 662 g/mol. The van der Waals surface area contributed by atoms with Crippen molar-refractivity contribution in [2.45, 2.75) is 33.4 Å². The van der Waals surface area contributed by atoms with E-state index in [2.05, 4.69) is 20.9 Å². The van der Waals surface area contributed by atoms with Gasteiger partial charge in [-0.1, -0.05) is 53.8 Å². The highest BCUT2D eigenvalue weighted by Crippen LogP contribution is 2.38. The lowest BCUT2D eigenvalue weighted by Gasteiger charge is -2.24. The van der Waals surface area contributed by atoms with E-state index in [0.717, 1.165) is 16.7 Å². The minimum Gasteiger partial charge on any atom is -0.497 e. The second-order valence-corrected chi connectivity index (χ2v) is 11.5. The van der Waals surface area contributed by atoms with Crippen LogP contribution in [0.3, 0.4) is 0 Å². The van der Waals surface area contributed by atoms with E-state index in [9.17, 15) is 9.59 Å². The third kappa shape index (κ3) is 6.45. The molecule has 0 bridgehead atoms. The Morgan fingerprint density at radius 2 is 1.79 bits per heavy atom. The van der Waals surface area contributed by atoms with Gasteiger partial charge >= 0.3 is 5.97 Å². The van der Waals surface area contributed by atoms with Gasteiger partial charge in [-0.3, -0.25) is 9.36 Å². The summed E-state index contributed by atoms with van der Waals surface area (Å²) in [6.45, 7) is 6.44. The maximum Gasteiger partial charge on any atom is 0.338 e. The average molecular weight is 664 g/mol. The van der Waals surface area contributed by atoms with E-state index in [1.54, 1.807) is 43.7 Å². The van der Waals surface area contributed by atoms with Crippen molar-refractivity contribution in [3.05, 3.63) is 119 Å². The van der Waals surface area contributed by atoms with Crippen molar-refractivity contribution in [1.82, 2.24) is 4.57 Å². The average Bonchev–Trinajstić information content (AvgIpc) is 3.30. The van der Waals surface area contributed by atoms with E-state index < -0.39 is 12.0 Å². The first kappa shape index (κ1) is 30.3. The molecule has 0 saturated heterocycles. The molecule has 0 aliphatic carbocycles. The van der Waals surface area contributed by atoms with Crippen LogP contribution in [-0.2, 0) is 16.1 Å². The van der Waals surface area contributed by atoms with Gasteiger partial charge in [0.25, 0.3) is 5.56 Å². The smallest absolute Gasteiger partial charge is 0.338 e. The van der Waals surface area contributed by atoms with Crippen molar-refractivity contribution in [3.63, 3.8) is 0 Å². The van der Waals surface area contributed by atoms with E-state index in [-0.39, 0.29) is 12.2 Å². The summed E-state index contributed by atoms with van der Waals surface area (Å²) in [7, 11) is 1.59. The number of thiazole rings is 1. The quantitative estimate of drug-likeness (QED) is 0.207. The molecule has 0 fully saturated rings. The maximum atomic E-state index is 14.0. The number of rotatable bonds is 10. The van der Waals surface area contributed by atoms with Crippen molar-refractivity contribution >= 4 is 39.3 Å². The first-order chi connectivity index (χ1) is 20.8. The number of methoxy groups -OCH3 is 1. The molecule has 0 N–H and O–H groups in total. The highest BCUT2D eigenvalue weighted by atomic mass is 79.9. The summed E-state index contributed by atoms with van der Waals surface area (Å²) in [5.41, 5.74) is 3.09. The lowest BCUT2D eigenvalue weighted by Crippen LogP contribution is -2.39. The predicted molar refractivity (Wildman–Crippen MR) is 169 cm³/mol. The standard InChI is InChI=1S/C33H31BrN2O6S/c1-5-40-26-17-22(16-25(34)30(26)42-19-21-10-8-7-9-11-21)18-27-31(37)36-29(23-12-14-24(39-4)15-13-23)28(32(38)41-6-2)20(3)35-33(36)43-27/h7-18,29H,5-6,19H2,1-4H3/b27-18-/t29-/m0/s1. The molecule has 1 aromatic heterocycles. The number of nitrogens with zero attached hydrogens (tertiary/aromatic N) is 2. The van der Waals surface area contributed by atoms with Gasteiger partial charge in [0.2, 0.25) is 0 Å². The number of ether oxygens (including phenoxy) is 4. The molecule has 5 rings (SSSR count). The Kier molecular flexibility index (Phi) is 9.47. The molecular weight excluding hydrogens is 632 g/mol. The fourth-order valence-corrected chi connectivity index (χ4v) is 6.47. The molecule has 0 radical (unpaired) electrons. The van der Waals surface area contributed by atoms with Crippen LogP contribution in [0.5, 0.6) is 17.2 Å². The Balaban J connectivity index is 1.59. The van der Waals surface area contributed by atoms with Crippen LogP contribution in [0, 0.1) is 0 Å². The fourth-order valence-electron chi connectivity index (χ4n) is 4.85. The van der Waals surface area contributed by atoms with Gasteiger partial charge in [0, 0.05) is 0 Å². The first-order valence-electron chi connectivity index (χ1n) is 13.8. The Hall–Kier alpha value is -4.15. The lowest BCUT2D eigenvalue weighted by atomic mass is 9.96. The van der Waals surface area contributed by atoms with Crippen molar-refractivity contribution < 1.29 is 23.7 Å². The molecule has 3 aromatic carbocycles. The van der Waals surface area contributed by atoms with E-state index in [0.29, 0.717) is 55.5 Å². The number of benzene rings is 3. The molecule has 4 aromatic rings. The van der Waals surface area contributed by atoms with Crippen LogP contribution in [0.2, 0.25) is 0 Å². The second kappa shape index (κ2) is 13.4. The molecule has 43 heavy (non-hydrogen) atoms. The van der Waals surface area contributed by atoms with E-state index in [1.165, 1.54) is 11.3 Å². The number of fused-ring (bicyclic) bond motifs is 1. The molecule has 0 saturated carbocycles. The zero-order valence-electron chi connectivity index (χ0n) is 24.3. The van der Waals surface area contributed by atoms with Gasteiger partial charge < -0.3 is 18.9 Å². The van der Waals surface area contributed by atoms with Gasteiger partial charge in [-0.25, -0.2) is 9.79 Å². The Labute approximate surface area is 261 Å². The number of hydrogen-bond donors (Lipinski definition) is 0. The first-order valence-corrected chi connectivity index (χ1v) is 15.4. The predicted octanol–water partition coefficient (Wildman–Crippen LogP) is 5.55. The summed E-state index contributed by atoms with van der Waals surface area (Å²) >= 11 is 4.90. The number of aromatic nitrogens is 1. The van der Waals surface area contributed by atoms with Crippen LogP contribution in [-0.4, -0.2) is 30.9 Å². The molecule has 1 atom stereocenters. The summed E-state index contributed by atoms with van der Waals surface area (Å²) in [6, 6.07) is 20.2. The van der Waals surface area contributed by atoms with Crippen LogP contribution in [0.4, 0.5) is 0 Å². The number of hydrogen-bond acceptors (Lipinski definition) is 8. The Morgan fingerprint density at radius 1 is 1.05 bits per heavy atom. The van der Waals surface area contributed by atoms with Gasteiger partial charge in [-0.2, -0.15) is 0 Å². The lowest BCUT2D eigenvalue weighted by molar-refractivity contribution is -0.139. The van der Waals surface area contributed by atoms with Gasteiger partial charge in [-0.15, -0.1) is 0 Å². The van der Waals surface area contributed by atoms with Crippen molar-refractivity contribution in [3.8, 4) is 17.2 Å². The number of allylic oxidation sites excluding steroid dienone is 1. The van der Waals surface area contributed by atoms with Crippen molar-refractivity contribution in [1.29, 1.82) is 0 Å². The molecule has 2 heterocycles. The number of carbonyl (C=O) groups excluding carboxylic acids is 1. The number of halogens is 1. The summed E-state index contributed by atoms with van der Waals surface area (Å²) in [5.74, 6) is 1.30. The molecule has 10 heteroatoms. The van der Waals surface area contributed by atoms with Crippen LogP contribution in [0.15, 0.2) is 92.3 Å². The minimum atomic E-state index is -0.706. The fraction of sp³-hybridized carbons (Fsp3) is 0.242. The van der Waals surface area contributed by atoms with Gasteiger partial charge in [0.05, 0.1) is 46.6 Å². The van der Waals surface area contributed by atoms with Gasteiger partial charge in [0.15, 0.2) is 16.3 Å². The third-order valence-electron chi connectivity index (χ3n) is 6.80. The molecule has 1 aliphatic rings. The third-order valence-corrected chi connectivity index (χ3v) is 8.38. The molecule has 222 valence electrons. The maximum absolute atomic E-state index is 14.0. The van der Waals surface area contributed by atoms with Crippen molar-refractivity contribution in [2.75, 3.05) is 20.3 Å². The molecule has 1 aliphatic heterocycles. The van der Waals surface area contributed by atoms with Crippen LogP contribution in [0.1, 0.15) is 43.5 Å². The number of carbonyl (C=O) groups is 1. The van der Waals surface area contributed by atoms with Gasteiger partial charge in [-0.05, 0) is 83.7 Å². The van der Waals surface area contributed by atoms with E-state index in [4.69, 9.17) is 18.9 Å². The second-order valence-electron chi connectivity index (χ2n) is 9.61. The molecular formula is C33H31BrN2O6S. The van der Waals surface area contributed by atoms with Crippen LogP contribution in [0.25, 0.3) is 6.08 Å². The summed E-state index contributed by atoms with van der Waals surface area (Å²) in [6.07, 6.45) is 1.80. The van der Waals surface area contributed by atoms with Crippen LogP contribution < -0.4 is 29.1 Å².